The molecule has 0 N–H and O–H groups in total. The Hall–Kier alpha value is -2.14. The van der Waals surface area contributed by atoms with E-state index in [1.54, 1.807) is 6.07 Å². The highest BCUT2D eigenvalue weighted by Gasteiger charge is 2.67. The average Bonchev–Trinajstić information content (AvgIpc) is 3.39. The van der Waals surface area contributed by atoms with Crippen molar-refractivity contribution in [2.45, 2.75) is 6.42 Å². The molecule has 5 nitrogen and oxygen atoms in total. The lowest BCUT2D eigenvalue weighted by atomic mass is 9.63. The molecule has 2 amide bonds. The van der Waals surface area contributed by atoms with Gasteiger partial charge in [-0.15, -0.1) is 0 Å². The molecule has 1 aromatic rings. The lowest BCUT2D eigenvalue weighted by Gasteiger charge is -2.37. The van der Waals surface area contributed by atoms with E-state index in [-0.39, 0.29) is 46.1 Å². The highest BCUT2D eigenvalue weighted by molar-refractivity contribution is 6.34. The Bertz CT molecular complexity index is 827. The molecule has 2 bridgehead atoms. The number of hydrogen-bond donors (Lipinski definition) is 0. The van der Waals surface area contributed by atoms with Crippen LogP contribution in [0.1, 0.15) is 16.8 Å². The van der Waals surface area contributed by atoms with Gasteiger partial charge in [0.05, 0.1) is 35.2 Å². The largest absolute Gasteiger partial charge is 0.465 e. The molecule has 0 aromatic heterocycles. The molecule has 6 atom stereocenters. The maximum Gasteiger partial charge on any atom is 0.339 e. The average molecular weight is 358 g/mol. The third-order valence-electron chi connectivity index (χ3n) is 6.28. The Morgan fingerprint density at radius 2 is 1.72 bits per heavy atom. The molecule has 6 rings (SSSR count). The van der Waals surface area contributed by atoms with E-state index in [1.807, 2.05) is 0 Å². The molecule has 0 radical (unpaired) electrons. The Morgan fingerprint density at radius 3 is 2.28 bits per heavy atom. The van der Waals surface area contributed by atoms with Crippen LogP contribution in [0.4, 0.5) is 5.69 Å². The molecule has 1 saturated heterocycles. The zero-order valence-electron chi connectivity index (χ0n) is 13.5. The number of amides is 2. The van der Waals surface area contributed by atoms with E-state index in [0.717, 1.165) is 6.42 Å². The lowest BCUT2D eigenvalue weighted by Crippen LogP contribution is -2.40. The number of halogens is 1. The van der Waals surface area contributed by atoms with Crippen LogP contribution in [0.25, 0.3) is 0 Å². The van der Waals surface area contributed by atoms with Crippen LogP contribution < -0.4 is 4.90 Å². The third-order valence-corrected chi connectivity index (χ3v) is 6.61. The summed E-state index contributed by atoms with van der Waals surface area (Å²) in [5, 5.41) is 0.232. The van der Waals surface area contributed by atoms with Gasteiger partial charge in [-0.1, -0.05) is 23.8 Å². The fraction of sp³-hybridized carbons (Fsp3) is 0.421. The van der Waals surface area contributed by atoms with Crippen LogP contribution in [0.5, 0.6) is 0 Å². The molecular formula is C19H16ClNO4. The molecule has 128 valence electrons. The molecular weight excluding hydrogens is 342 g/mol. The van der Waals surface area contributed by atoms with Crippen LogP contribution in [-0.2, 0) is 14.3 Å². The first kappa shape index (κ1) is 15.1. The Kier molecular flexibility index (Phi) is 2.99. The Morgan fingerprint density at radius 1 is 1.12 bits per heavy atom. The van der Waals surface area contributed by atoms with Crippen LogP contribution in [0.15, 0.2) is 30.4 Å². The zero-order valence-corrected chi connectivity index (χ0v) is 14.3. The van der Waals surface area contributed by atoms with Gasteiger partial charge >= 0.3 is 5.97 Å². The number of anilines is 1. The van der Waals surface area contributed by atoms with E-state index < -0.39 is 5.97 Å². The molecule has 4 aliphatic carbocycles. The summed E-state index contributed by atoms with van der Waals surface area (Å²) < 4.78 is 4.73. The van der Waals surface area contributed by atoms with Crippen molar-refractivity contribution < 1.29 is 19.1 Å². The summed E-state index contributed by atoms with van der Waals surface area (Å²) in [5.74, 6) is 0.0456. The van der Waals surface area contributed by atoms with E-state index in [4.69, 9.17) is 16.3 Å². The summed E-state index contributed by atoms with van der Waals surface area (Å²) in [6.07, 6.45) is 5.40. The first-order valence-corrected chi connectivity index (χ1v) is 8.84. The van der Waals surface area contributed by atoms with E-state index in [0.29, 0.717) is 17.5 Å². The van der Waals surface area contributed by atoms with E-state index in [2.05, 4.69) is 12.2 Å². The number of allylic oxidation sites excluding steroid dienone is 2. The van der Waals surface area contributed by atoms with E-state index >= 15 is 0 Å². The van der Waals surface area contributed by atoms with Crippen molar-refractivity contribution in [3.63, 3.8) is 0 Å². The van der Waals surface area contributed by atoms with Crippen molar-refractivity contribution in [1.29, 1.82) is 0 Å². The second-order valence-electron chi connectivity index (χ2n) is 7.32. The number of esters is 1. The van der Waals surface area contributed by atoms with Crippen LogP contribution >= 0.6 is 11.6 Å². The summed E-state index contributed by atoms with van der Waals surface area (Å²) in [6, 6.07) is 4.60. The van der Waals surface area contributed by atoms with Crippen LogP contribution in [-0.4, -0.2) is 24.9 Å². The van der Waals surface area contributed by atoms with Gasteiger partial charge in [-0.25, -0.2) is 9.69 Å². The molecule has 6 heteroatoms. The fourth-order valence-electron chi connectivity index (χ4n) is 5.13. The number of carbonyl (C=O) groups is 3. The zero-order chi connectivity index (χ0) is 17.5. The molecule has 25 heavy (non-hydrogen) atoms. The van der Waals surface area contributed by atoms with Crippen molar-refractivity contribution in [3.05, 3.63) is 40.9 Å². The van der Waals surface area contributed by atoms with Gasteiger partial charge in [0, 0.05) is 0 Å². The first-order valence-electron chi connectivity index (χ1n) is 8.47. The summed E-state index contributed by atoms with van der Waals surface area (Å²) >= 11 is 6.05. The number of nitrogens with zero attached hydrogens (tertiary/aromatic N) is 1. The number of carbonyl (C=O) groups excluding carboxylic acids is 3. The number of hydrogen-bond acceptors (Lipinski definition) is 4. The number of rotatable bonds is 2. The summed E-state index contributed by atoms with van der Waals surface area (Å²) in [5.41, 5.74) is 0.545. The standard InChI is InChI=1S/C19H16ClNO4/c1-25-19(24)13-6-8(2-5-14(13)20)21-17(22)15-9-3-4-10(12-7-11(9)12)16(15)18(21)23/h2-6,9-12,15-16H,7H2,1H3/t9-,10+,11-,12-,15+,16+/m1/s1. The topological polar surface area (TPSA) is 63.7 Å². The molecule has 3 fully saturated rings. The highest BCUT2D eigenvalue weighted by atomic mass is 35.5. The number of benzene rings is 1. The second kappa shape index (κ2) is 4.94. The first-order chi connectivity index (χ1) is 12.0. The third kappa shape index (κ3) is 1.87. The van der Waals surface area contributed by atoms with Gasteiger partial charge in [0.25, 0.3) is 0 Å². The monoisotopic (exact) mass is 357 g/mol. The summed E-state index contributed by atoms with van der Waals surface area (Å²) in [6.45, 7) is 0. The van der Waals surface area contributed by atoms with Gasteiger partial charge in [0.2, 0.25) is 11.8 Å². The Labute approximate surface area is 149 Å². The maximum absolute atomic E-state index is 13.1. The van der Waals surface area contributed by atoms with Crippen molar-refractivity contribution in [3.8, 4) is 0 Å². The van der Waals surface area contributed by atoms with Gasteiger partial charge in [-0.2, -0.15) is 0 Å². The number of methoxy groups -OCH3 is 1. The SMILES string of the molecule is COC(=O)c1cc(N2C(=O)[C@H]3[C@@H]4C=C[C@@H]([C@H]5C[C@H]45)[C@@H]3C2=O)ccc1Cl. The summed E-state index contributed by atoms with van der Waals surface area (Å²) in [4.78, 5) is 39.2. The fourth-order valence-corrected chi connectivity index (χ4v) is 5.32. The van der Waals surface area contributed by atoms with Crippen molar-refractivity contribution in [1.82, 2.24) is 0 Å². The van der Waals surface area contributed by atoms with E-state index in [9.17, 15) is 14.4 Å². The lowest BCUT2D eigenvalue weighted by molar-refractivity contribution is -0.124. The van der Waals surface area contributed by atoms with E-state index in [1.165, 1.54) is 24.1 Å². The van der Waals surface area contributed by atoms with Gasteiger partial charge < -0.3 is 4.74 Å². The second-order valence-corrected chi connectivity index (χ2v) is 7.73. The minimum atomic E-state index is -0.591. The molecule has 2 saturated carbocycles. The van der Waals surface area contributed by atoms with Crippen molar-refractivity contribution >= 4 is 35.1 Å². The molecule has 0 spiro atoms. The van der Waals surface area contributed by atoms with Crippen LogP contribution in [0.3, 0.4) is 0 Å². The molecule has 1 heterocycles. The van der Waals surface area contributed by atoms with Gasteiger partial charge in [-0.05, 0) is 48.3 Å². The molecule has 5 aliphatic rings. The van der Waals surface area contributed by atoms with Crippen LogP contribution in [0.2, 0.25) is 5.02 Å². The molecule has 1 aliphatic heterocycles. The predicted octanol–water partition coefficient (Wildman–Crippen LogP) is 2.68. The smallest absolute Gasteiger partial charge is 0.339 e. The summed E-state index contributed by atoms with van der Waals surface area (Å²) in [7, 11) is 1.27. The normalized spacial score (nSPS) is 37.1. The quantitative estimate of drug-likeness (QED) is 0.464. The van der Waals surface area contributed by atoms with Crippen LogP contribution in [0, 0.1) is 35.5 Å². The Balaban J connectivity index is 1.55. The minimum absolute atomic E-state index is 0.154. The molecule has 0 unspecified atom stereocenters. The van der Waals surface area contributed by atoms with Gasteiger partial charge in [-0.3, -0.25) is 9.59 Å². The minimum Gasteiger partial charge on any atom is -0.465 e. The highest BCUT2D eigenvalue weighted by Crippen LogP contribution is 2.65. The maximum atomic E-state index is 13.1. The molecule has 1 aromatic carbocycles. The van der Waals surface area contributed by atoms with Crippen molar-refractivity contribution in [2.24, 2.45) is 35.5 Å². The van der Waals surface area contributed by atoms with Gasteiger partial charge in [0.15, 0.2) is 0 Å². The van der Waals surface area contributed by atoms with Gasteiger partial charge in [0.1, 0.15) is 0 Å². The van der Waals surface area contributed by atoms with Crippen molar-refractivity contribution in [2.75, 3.05) is 12.0 Å². The number of ether oxygens (including phenoxy) is 1. The predicted molar refractivity (Wildman–Crippen MR) is 90.0 cm³/mol. The number of imide groups is 1.